The number of aryl methyl sites for hydroxylation is 1. The zero-order chi connectivity index (χ0) is 19.2. The molecule has 0 amide bonds. The summed E-state index contributed by atoms with van der Waals surface area (Å²) >= 11 is 3.54. The molecule has 3 rings (SSSR count). The van der Waals surface area contributed by atoms with Crippen LogP contribution in [0.4, 0.5) is 0 Å². The molecule has 0 bridgehead atoms. The Hall–Kier alpha value is -2.27. The van der Waals surface area contributed by atoms with Crippen LogP contribution in [0.15, 0.2) is 51.6 Å². The van der Waals surface area contributed by atoms with Crippen LogP contribution in [0.5, 0.6) is 5.75 Å². The van der Waals surface area contributed by atoms with Crippen molar-refractivity contribution in [2.75, 3.05) is 6.61 Å². The molecule has 27 heavy (non-hydrogen) atoms. The number of carbonyl (C=O) groups is 1. The third-order valence-electron chi connectivity index (χ3n) is 4.27. The van der Waals surface area contributed by atoms with Crippen LogP contribution in [0, 0.1) is 0 Å². The van der Waals surface area contributed by atoms with Crippen LogP contribution in [0.25, 0.3) is 11.0 Å². The van der Waals surface area contributed by atoms with E-state index < -0.39 is 0 Å². The van der Waals surface area contributed by atoms with E-state index in [-0.39, 0.29) is 12.4 Å². The van der Waals surface area contributed by atoms with Gasteiger partial charge in [-0.25, -0.2) is 0 Å². The molecule has 0 N–H and O–H groups in total. The Morgan fingerprint density at radius 1 is 1.11 bits per heavy atom. The van der Waals surface area contributed by atoms with Crippen molar-refractivity contribution in [1.82, 2.24) is 0 Å². The third-order valence-corrected chi connectivity index (χ3v) is 4.86. The predicted molar refractivity (Wildman–Crippen MR) is 109 cm³/mol. The zero-order valence-electron chi connectivity index (χ0n) is 15.6. The summed E-state index contributed by atoms with van der Waals surface area (Å²) < 4.78 is 17.5. The van der Waals surface area contributed by atoms with E-state index in [0.29, 0.717) is 13.2 Å². The fourth-order valence-electron chi connectivity index (χ4n) is 3.03. The minimum atomic E-state index is -0.242. The molecule has 4 nitrogen and oxygen atoms in total. The van der Waals surface area contributed by atoms with Gasteiger partial charge in [0.2, 0.25) is 0 Å². The molecule has 0 aliphatic heterocycles. The molecule has 0 saturated heterocycles. The van der Waals surface area contributed by atoms with Crippen LogP contribution in [0.2, 0.25) is 0 Å². The molecule has 1 aromatic heterocycles. The molecule has 0 spiro atoms. The monoisotopic (exact) mass is 430 g/mol. The van der Waals surface area contributed by atoms with E-state index in [0.717, 1.165) is 45.2 Å². The largest absolute Gasteiger partial charge is 0.489 e. The van der Waals surface area contributed by atoms with Crippen LogP contribution in [0.3, 0.4) is 0 Å². The molecule has 0 fully saturated rings. The number of hydrogen-bond donors (Lipinski definition) is 0. The zero-order valence-corrected chi connectivity index (χ0v) is 17.2. The highest BCUT2D eigenvalue weighted by Crippen LogP contribution is 2.28. The summed E-state index contributed by atoms with van der Waals surface area (Å²) in [6, 6.07) is 12.0. The molecule has 0 aliphatic rings. The van der Waals surface area contributed by atoms with E-state index in [9.17, 15) is 4.79 Å². The van der Waals surface area contributed by atoms with Gasteiger partial charge < -0.3 is 13.9 Å². The molecule has 0 saturated carbocycles. The van der Waals surface area contributed by atoms with Gasteiger partial charge in [0.05, 0.1) is 23.8 Å². The van der Waals surface area contributed by atoms with Crippen molar-refractivity contribution in [3.8, 4) is 5.75 Å². The van der Waals surface area contributed by atoms with Crippen LogP contribution in [-0.2, 0) is 29.0 Å². The number of ether oxygens (including phenoxy) is 2. The van der Waals surface area contributed by atoms with Gasteiger partial charge in [-0.2, -0.15) is 0 Å². The van der Waals surface area contributed by atoms with Gasteiger partial charge in [-0.05, 0) is 64.7 Å². The Labute approximate surface area is 167 Å². The Kier molecular flexibility index (Phi) is 6.56. The molecule has 5 heteroatoms. The van der Waals surface area contributed by atoms with Crippen molar-refractivity contribution in [2.45, 2.75) is 39.7 Å². The summed E-state index contributed by atoms with van der Waals surface area (Å²) in [7, 11) is 0. The van der Waals surface area contributed by atoms with Gasteiger partial charge in [-0.15, -0.1) is 0 Å². The summed E-state index contributed by atoms with van der Waals surface area (Å²) in [5, 5.41) is 1.02. The minimum absolute atomic E-state index is 0.208. The van der Waals surface area contributed by atoms with E-state index in [4.69, 9.17) is 13.9 Å². The molecular formula is C22H23BrO4. The average molecular weight is 431 g/mol. The van der Waals surface area contributed by atoms with Crippen molar-refractivity contribution in [3.05, 3.63) is 63.8 Å². The first-order valence-electron chi connectivity index (χ1n) is 9.16. The van der Waals surface area contributed by atoms with Gasteiger partial charge in [0, 0.05) is 10.9 Å². The van der Waals surface area contributed by atoms with Crippen molar-refractivity contribution in [3.63, 3.8) is 0 Å². The molecule has 2 aromatic carbocycles. The van der Waals surface area contributed by atoms with Gasteiger partial charge in [0.1, 0.15) is 17.9 Å². The minimum Gasteiger partial charge on any atom is -0.489 e. The number of hydrogen-bond acceptors (Lipinski definition) is 4. The average Bonchev–Trinajstić information content (AvgIpc) is 3.11. The standard InChI is InChI=1S/C22H23BrO4/c1-3-5-15-6-7-17(13-21(24)25-4-2)20(12-15)27-14-16-10-18-8-9-26-22(18)19(23)11-16/h6-12H,3-5,13-14H2,1-2H3. The van der Waals surface area contributed by atoms with Crippen LogP contribution in [-0.4, -0.2) is 12.6 Å². The fraction of sp³-hybridized carbons (Fsp3) is 0.318. The second-order valence-corrected chi connectivity index (χ2v) is 7.23. The van der Waals surface area contributed by atoms with Gasteiger partial charge >= 0.3 is 5.97 Å². The van der Waals surface area contributed by atoms with Crippen LogP contribution < -0.4 is 4.74 Å². The summed E-state index contributed by atoms with van der Waals surface area (Å²) in [6.07, 6.45) is 3.91. The number of benzene rings is 2. The van der Waals surface area contributed by atoms with Crippen LogP contribution >= 0.6 is 15.9 Å². The molecule has 0 radical (unpaired) electrons. The first-order valence-corrected chi connectivity index (χ1v) is 9.95. The summed E-state index contributed by atoms with van der Waals surface area (Å²) in [4.78, 5) is 11.9. The maximum absolute atomic E-state index is 11.9. The second-order valence-electron chi connectivity index (χ2n) is 6.38. The lowest BCUT2D eigenvalue weighted by Crippen LogP contribution is -2.09. The SMILES string of the molecule is CCCc1ccc(CC(=O)OCC)c(OCc2cc(Br)c3occc3c2)c1. The molecule has 0 atom stereocenters. The lowest BCUT2D eigenvalue weighted by molar-refractivity contribution is -0.142. The van der Waals surface area contributed by atoms with Gasteiger partial charge in [0.25, 0.3) is 0 Å². The van der Waals surface area contributed by atoms with Crippen molar-refractivity contribution in [2.24, 2.45) is 0 Å². The van der Waals surface area contributed by atoms with Crippen molar-refractivity contribution >= 4 is 32.9 Å². The number of fused-ring (bicyclic) bond motifs is 1. The first-order chi connectivity index (χ1) is 13.1. The highest BCUT2D eigenvalue weighted by molar-refractivity contribution is 9.10. The molecule has 142 valence electrons. The topological polar surface area (TPSA) is 48.7 Å². The number of halogens is 1. The van der Waals surface area contributed by atoms with Crippen LogP contribution in [0.1, 0.15) is 37.0 Å². The Morgan fingerprint density at radius 3 is 2.74 bits per heavy atom. The Morgan fingerprint density at radius 2 is 1.96 bits per heavy atom. The van der Waals surface area contributed by atoms with E-state index in [1.165, 1.54) is 5.56 Å². The maximum atomic E-state index is 11.9. The summed E-state index contributed by atoms with van der Waals surface area (Å²) in [6.45, 7) is 4.74. The highest BCUT2D eigenvalue weighted by Gasteiger charge is 2.12. The summed E-state index contributed by atoms with van der Waals surface area (Å²) in [5.41, 5.74) is 3.90. The van der Waals surface area contributed by atoms with E-state index in [1.807, 2.05) is 37.3 Å². The van der Waals surface area contributed by atoms with E-state index in [2.05, 4.69) is 28.9 Å². The second kappa shape index (κ2) is 9.09. The maximum Gasteiger partial charge on any atom is 0.310 e. The fourth-order valence-corrected chi connectivity index (χ4v) is 3.65. The lowest BCUT2D eigenvalue weighted by Gasteiger charge is -2.13. The Balaban J connectivity index is 1.81. The number of furan rings is 1. The quantitative estimate of drug-likeness (QED) is 0.421. The molecule has 0 aliphatic carbocycles. The summed E-state index contributed by atoms with van der Waals surface area (Å²) in [5.74, 6) is 0.491. The molecule has 3 aromatic rings. The predicted octanol–water partition coefficient (Wildman–Crippen LogP) is 5.83. The number of rotatable bonds is 8. The molecule has 1 heterocycles. The van der Waals surface area contributed by atoms with Gasteiger partial charge in [-0.1, -0.05) is 25.5 Å². The lowest BCUT2D eigenvalue weighted by atomic mass is 10.0. The van der Waals surface area contributed by atoms with Gasteiger partial charge in [-0.3, -0.25) is 4.79 Å². The highest BCUT2D eigenvalue weighted by atomic mass is 79.9. The smallest absolute Gasteiger partial charge is 0.310 e. The Bertz CT molecular complexity index is 929. The molecule has 0 unspecified atom stereocenters. The van der Waals surface area contributed by atoms with Gasteiger partial charge in [0.15, 0.2) is 0 Å². The van der Waals surface area contributed by atoms with Crippen molar-refractivity contribution in [1.29, 1.82) is 0 Å². The first kappa shape index (κ1) is 19.5. The van der Waals surface area contributed by atoms with E-state index >= 15 is 0 Å². The van der Waals surface area contributed by atoms with Crippen molar-refractivity contribution < 1.29 is 18.7 Å². The number of carbonyl (C=O) groups excluding carboxylic acids is 1. The molecular weight excluding hydrogens is 408 g/mol. The number of esters is 1. The third kappa shape index (κ3) is 4.92. The normalized spacial score (nSPS) is 10.9. The van der Waals surface area contributed by atoms with E-state index in [1.54, 1.807) is 6.26 Å².